The number of ketones is 1. The van der Waals surface area contributed by atoms with E-state index in [0.717, 1.165) is 30.6 Å². The molecule has 0 radical (unpaired) electrons. The van der Waals surface area contributed by atoms with Gasteiger partial charge in [0, 0.05) is 36.3 Å². The van der Waals surface area contributed by atoms with E-state index in [9.17, 15) is 4.79 Å². The number of carbonyl (C=O) groups excluding carboxylic acids is 1. The van der Waals surface area contributed by atoms with Crippen LogP contribution in [0, 0.1) is 0 Å². The highest BCUT2D eigenvalue weighted by Crippen LogP contribution is 2.37. The molecule has 0 unspecified atom stereocenters. The first-order valence-corrected chi connectivity index (χ1v) is 6.96. The summed E-state index contributed by atoms with van der Waals surface area (Å²) in [7, 11) is 3.25. The second-order valence-electron chi connectivity index (χ2n) is 5.26. The molecule has 0 aromatic heterocycles. The third kappa shape index (κ3) is 2.15. The Hall–Kier alpha value is -1.97. The molecule has 0 aliphatic carbocycles. The molecule has 20 heavy (non-hydrogen) atoms. The van der Waals surface area contributed by atoms with Gasteiger partial charge in [-0.25, -0.2) is 0 Å². The molecule has 2 aliphatic rings. The SMILES string of the molecule is COc1ccc(C2=CC(=O)C[C@H]3CCCN23)cc1OC. The third-order valence-corrected chi connectivity index (χ3v) is 4.10. The Morgan fingerprint density at radius 3 is 2.75 bits per heavy atom. The first-order valence-electron chi connectivity index (χ1n) is 6.96. The van der Waals surface area contributed by atoms with Gasteiger partial charge >= 0.3 is 0 Å². The summed E-state index contributed by atoms with van der Waals surface area (Å²) in [6.45, 7) is 1.03. The van der Waals surface area contributed by atoms with Crippen LogP contribution in [-0.2, 0) is 4.79 Å². The zero-order valence-corrected chi connectivity index (χ0v) is 11.9. The molecule has 2 heterocycles. The van der Waals surface area contributed by atoms with Crippen molar-refractivity contribution in [1.82, 2.24) is 4.90 Å². The summed E-state index contributed by atoms with van der Waals surface area (Å²) >= 11 is 0. The van der Waals surface area contributed by atoms with Gasteiger partial charge in [-0.05, 0) is 31.0 Å². The van der Waals surface area contributed by atoms with Crippen LogP contribution in [0.15, 0.2) is 24.3 Å². The highest BCUT2D eigenvalue weighted by atomic mass is 16.5. The number of fused-ring (bicyclic) bond motifs is 1. The number of allylic oxidation sites excluding steroid dienone is 1. The summed E-state index contributed by atoms with van der Waals surface area (Å²) in [5.74, 6) is 1.62. The van der Waals surface area contributed by atoms with Gasteiger partial charge in [-0.2, -0.15) is 0 Å². The Morgan fingerprint density at radius 2 is 2.00 bits per heavy atom. The number of methoxy groups -OCH3 is 2. The zero-order valence-electron chi connectivity index (χ0n) is 11.9. The third-order valence-electron chi connectivity index (χ3n) is 4.10. The Morgan fingerprint density at radius 1 is 1.20 bits per heavy atom. The van der Waals surface area contributed by atoms with Crippen molar-refractivity contribution >= 4 is 11.5 Å². The van der Waals surface area contributed by atoms with E-state index in [-0.39, 0.29) is 5.78 Å². The lowest BCUT2D eigenvalue weighted by atomic mass is 9.99. The predicted octanol–water partition coefficient (Wildman–Crippen LogP) is 2.48. The maximum atomic E-state index is 11.9. The Kier molecular flexibility index (Phi) is 3.38. The minimum atomic E-state index is 0.220. The van der Waals surface area contributed by atoms with Gasteiger partial charge in [-0.1, -0.05) is 0 Å². The van der Waals surface area contributed by atoms with Crippen molar-refractivity contribution in [3.05, 3.63) is 29.8 Å². The molecule has 0 amide bonds. The van der Waals surface area contributed by atoms with Gasteiger partial charge < -0.3 is 14.4 Å². The monoisotopic (exact) mass is 273 g/mol. The van der Waals surface area contributed by atoms with Crippen LogP contribution in [0.2, 0.25) is 0 Å². The summed E-state index contributed by atoms with van der Waals surface area (Å²) in [5.41, 5.74) is 2.03. The van der Waals surface area contributed by atoms with Gasteiger partial charge in [0.2, 0.25) is 0 Å². The molecule has 0 bridgehead atoms. The van der Waals surface area contributed by atoms with Crippen LogP contribution < -0.4 is 9.47 Å². The summed E-state index contributed by atoms with van der Waals surface area (Å²) in [5, 5.41) is 0. The summed E-state index contributed by atoms with van der Waals surface area (Å²) in [6.07, 6.45) is 4.68. The average molecular weight is 273 g/mol. The van der Waals surface area contributed by atoms with E-state index in [0.29, 0.717) is 24.0 Å². The van der Waals surface area contributed by atoms with E-state index in [1.165, 1.54) is 0 Å². The molecule has 0 spiro atoms. The maximum Gasteiger partial charge on any atom is 0.161 e. The number of nitrogens with zero attached hydrogens (tertiary/aromatic N) is 1. The predicted molar refractivity (Wildman–Crippen MR) is 76.9 cm³/mol. The van der Waals surface area contributed by atoms with E-state index in [4.69, 9.17) is 9.47 Å². The van der Waals surface area contributed by atoms with Crippen molar-refractivity contribution in [2.75, 3.05) is 20.8 Å². The lowest BCUT2D eigenvalue weighted by Gasteiger charge is -2.32. The van der Waals surface area contributed by atoms with Gasteiger partial charge in [-0.15, -0.1) is 0 Å². The second kappa shape index (κ2) is 5.19. The van der Waals surface area contributed by atoms with Gasteiger partial charge in [0.1, 0.15) is 0 Å². The first-order chi connectivity index (χ1) is 9.72. The minimum absolute atomic E-state index is 0.220. The van der Waals surface area contributed by atoms with Crippen LogP contribution in [0.25, 0.3) is 5.70 Å². The van der Waals surface area contributed by atoms with Crippen LogP contribution in [-0.4, -0.2) is 37.5 Å². The minimum Gasteiger partial charge on any atom is -0.493 e. The molecule has 4 heteroatoms. The maximum absolute atomic E-state index is 11.9. The van der Waals surface area contributed by atoms with Crippen LogP contribution in [0.1, 0.15) is 24.8 Å². The van der Waals surface area contributed by atoms with E-state index in [2.05, 4.69) is 4.90 Å². The summed E-state index contributed by atoms with van der Waals surface area (Å²) in [6, 6.07) is 6.19. The molecule has 3 rings (SSSR count). The topological polar surface area (TPSA) is 38.8 Å². The van der Waals surface area contributed by atoms with Crippen LogP contribution in [0.3, 0.4) is 0 Å². The van der Waals surface area contributed by atoms with E-state index < -0.39 is 0 Å². The molecule has 1 aromatic carbocycles. The molecule has 2 aliphatic heterocycles. The van der Waals surface area contributed by atoms with Crippen molar-refractivity contribution < 1.29 is 14.3 Å². The number of carbonyl (C=O) groups is 1. The smallest absolute Gasteiger partial charge is 0.161 e. The quantitative estimate of drug-likeness (QED) is 0.848. The largest absolute Gasteiger partial charge is 0.493 e. The molecule has 1 atom stereocenters. The van der Waals surface area contributed by atoms with E-state index >= 15 is 0 Å². The highest BCUT2D eigenvalue weighted by Gasteiger charge is 2.32. The molecule has 106 valence electrons. The molecular formula is C16H19NO3. The fraction of sp³-hybridized carbons (Fsp3) is 0.438. The molecule has 1 saturated heterocycles. The molecule has 1 aromatic rings. The van der Waals surface area contributed by atoms with Gasteiger partial charge in [0.15, 0.2) is 17.3 Å². The van der Waals surface area contributed by atoms with E-state index in [1.54, 1.807) is 20.3 Å². The Balaban J connectivity index is 2.01. The lowest BCUT2D eigenvalue weighted by molar-refractivity contribution is -0.115. The Labute approximate surface area is 119 Å². The summed E-state index contributed by atoms with van der Waals surface area (Å²) in [4.78, 5) is 14.3. The average Bonchev–Trinajstić information content (AvgIpc) is 2.93. The van der Waals surface area contributed by atoms with Crippen molar-refractivity contribution in [2.45, 2.75) is 25.3 Å². The van der Waals surface area contributed by atoms with Gasteiger partial charge in [0.05, 0.1) is 14.2 Å². The fourth-order valence-electron chi connectivity index (χ4n) is 3.14. The standard InChI is InChI=1S/C16H19NO3/c1-19-15-6-5-11(8-16(15)20-2)14-10-13(18)9-12-4-3-7-17(12)14/h5-6,8,10,12H,3-4,7,9H2,1-2H3/t12-/m1/s1. The van der Waals surface area contributed by atoms with Crippen molar-refractivity contribution in [2.24, 2.45) is 0 Å². The normalized spacial score (nSPS) is 21.5. The number of hydrogen-bond donors (Lipinski definition) is 0. The number of hydrogen-bond acceptors (Lipinski definition) is 4. The molecule has 0 N–H and O–H groups in total. The highest BCUT2D eigenvalue weighted by molar-refractivity contribution is 5.98. The fourth-order valence-corrected chi connectivity index (χ4v) is 3.14. The lowest BCUT2D eigenvalue weighted by Crippen LogP contribution is -2.33. The second-order valence-corrected chi connectivity index (χ2v) is 5.26. The van der Waals surface area contributed by atoms with Gasteiger partial charge in [-0.3, -0.25) is 4.79 Å². The van der Waals surface area contributed by atoms with Crippen LogP contribution in [0.5, 0.6) is 11.5 Å². The first kappa shape index (κ1) is 13.0. The molecular weight excluding hydrogens is 254 g/mol. The molecule has 0 saturated carbocycles. The Bertz CT molecular complexity index is 565. The molecule has 1 fully saturated rings. The zero-order chi connectivity index (χ0) is 14.1. The molecule has 4 nitrogen and oxygen atoms in total. The van der Waals surface area contributed by atoms with Crippen LogP contribution >= 0.6 is 0 Å². The van der Waals surface area contributed by atoms with Crippen molar-refractivity contribution in [3.8, 4) is 11.5 Å². The number of rotatable bonds is 3. The summed E-state index contributed by atoms with van der Waals surface area (Å²) < 4.78 is 10.6. The number of benzene rings is 1. The number of ether oxygens (including phenoxy) is 2. The van der Waals surface area contributed by atoms with Crippen LogP contribution in [0.4, 0.5) is 0 Å². The van der Waals surface area contributed by atoms with Gasteiger partial charge in [0.25, 0.3) is 0 Å². The van der Waals surface area contributed by atoms with Crippen molar-refractivity contribution in [1.29, 1.82) is 0 Å². The van der Waals surface area contributed by atoms with E-state index in [1.807, 2.05) is 18.2 Å². The van der Waals surface area contributed by atoms with Crippen molar-refractivity contribution in [3.63, 3.8) is 0 Å².